The Bertz CT molecular complexity index is 1640. The number of fused-ring (bicyclic) bond motifs is 2. The van der Waals surface area contributed by atoms with Crippen LogP contribution in [0.1, 0.15) is 27.3 Å². The summed E-state index contributed by atoms with van der Waals surface area (Å²) in [5, 5.41) is 3.37. The van der Waals surface area contributed by atoms with Crippen molar-refractivity contribution in [1.29, 1.82) is 0 Å². The molecular weight excluding hydrogens is 516 g/mol. The number of hydrogen-bond acceptors (Lipinski definition) is 7. The van der Waals surface area contributed by atoms with Gasteiger partial charge in [0, 0.05) is 18.4 Å². The van der Waals surface area contributed by atoms with E-state index >= 15 is 0 Å². The van der Waals surface area contributed by atoms with Gasteiger partial charge >= 0.3 is 0 Å². The number of amides is 1. The fraction of sp³-hybridized carbons (Fsp3) is 0.172. The maximum atomic E-state index is 13.3. The van der Waals surface area contributed by atoms with Gasteiger partial charge in [0.15, 0.2) is 0 Å². The van der Waals surface area contributed by atoms with E-state index in [0.29, 0.717) is 22.5 Å². The molecule has 1 amide bonds. The number of imidazole rings is 1. The zero-order chi connectivity index (χ0) is 26.8. The summed E-state index contributed by atoms with van der Waals surface area (Å²) in [6.45, 7) is 1.10. The van der Waals surface area contributed by atoms with Gasteiger partial charge in [-0.2, -0.15) is 4.98 Å². The van der Waals surface area contributed by atoms with Gasteiger partial charge in [-0.25, -0.2) is 9.97 Å². The number of methoxy groups -OCH3 is 1. The second-order valence-corrected chi connectivity index (χ2v) is 9.47. The van der Waals surface area contributed by atoms with E-state index in [1.807, 2.05) is 53.4 Å². The lowest BCUT2D eigenvalue weighted by Gasteiger charge is -2.19. The zero-order valence-electron chi connectivity index (χ0n) is 21.1. The van der Waals surface area contributed by atoms with E-state index < -0.39 is 0 Å². The monoisotopic (exact) mass is 540 g/mol. The third-order valence-electron chi connectivity index (χ3n) is 6.56. The number of nitrogens with zero attached hydrogens (tertiary/aromatic N) is 4. The first kappa shape index (κ1) is 24.7. The topological polar surface area (TPSA) is 105 Å². The Morgan fingerprint density at radius 3 is 2.79 bits per heavy atom. The lowest BCUT2D eigenvalue weighted by molar-refractivity contribution is 0.0944. The van der Waals surface area contributed by atoms with Gasteiger partial charge < -0.3 is 24.7 Å². The van der Waals surface area contributed by atoms with Crippen molar-refractivity contribution in [2.45, 2.75) is 19.6 Å². The molecule has 0 radical (unpaired) electrons. The Morgan fingerprint density at radius 2 is 1.95 bits per heavy atom. The predicted octanol–water partition coefficient (Wildman–Crippen LogP) is 5.22. The Kier molecular flexibility index (Phi) is 6.73. The highest BCUT2D eigenvalue weighted by atomic mass is 35.5. The predicted molar refractivity (Wildman–Crippen MR) is 149 cm³/mol. The average Bonchev–Trinajstić information content (AvgIpc) is 3.59. The number of benzene rings is 3. The molecule has 0 unspecified atom stereocenters. The quantitative estimate of drug-likeness (QED) is 0.278. The van der Waals surface area contributed by atoms with Crippen LogP contribution in [0, 0.1) is 0 Å². The SMILES string of the molecule is COc1ccc(COc2nc(N3CCc4ccccc43)ncc2C(=O)NCc2nc3ccccc3[nH]2)cc1Cl. The number of carbonyl (C=O) groups excluding carboxylic acids is 1. The fourth-order valence-electron chi connectivity index (χ4n) is 4.60. The minimum Gasteiger partial charge on any atom is -0.495 e. The Labute approximate surface area is 229 Å². The molecule has 10 heteroatoms. The van der Waals surface area contributed by atoms with Crippen LogP contribution < -0.4 is 19.7 Å². The van der Waals surface area contributed by atoms with E-state index in [1.165, 1.54) is 11.8 Å². The number of ether oxygens (including phenoxy) is 2. The molecule has 6 rings (SSSR count). The van der Waals surface area contributed by atoms with E-state index in [1.54, 1.807) is 19.2 Å². The smallest absolute Gasteiger partial charge is 0.258 e. The number of H-pyrrole nitrogens is 1. The molecule has 0 bridgehead atoms. The Morgan fingerprint density at radius 1 is 1.10 bits per heavy atom. The molecule has 0 saturated carbocycles. The first-order valence-corrected chi connectivity index (χ1v) is 12.9. The van der Waals surface area contributed by atoms with Crippen LogP contribution in [-0.4, -0.2) is 39.5 Å². The minimum absolute atomic E-state index is 0.153. The van der Waals surface area contributed by atoms with E-state index in [2.05, 4.69) is 31.3 Å². The minimum atomic E-state index is -0.369. The highest BCUT2D eigenvalue weighted by molar-refractivity contribution is 6.32. The van der Waals surface area contributed by atoms with E-state index in [9.17, 15) is 4.79 Å². The molecule has 0 aliphatic carbocycles. The van der Waals surface area contributed by atoms with Crippen LogP contribution in [0.2, 0.25) is 5.02 Å². The van der Waals surface area contributed by atoms with Crippen molar-refractivity contribution in [3.05, 3.63) is 100 Å². The van der Waals surface area contributed by atoms with Crippen molar-refractivity contribution < 1.29 is 14.3 Å². The van der Waals surface area contributed by atoms with E-state index in [-0.39, 0.29) is 30.5 Å². The zero-order valence-corrected chi connectivity index (χ0v) is 21.9. The third kappa shape index (κ3) is 5.08. The molecule has 2 aromatic heterocycles. The van der Waals surface area contributed by atoms with E-state index in [4.69, 9.17) is 21.1 Å². The summed E-state index contributed by atoms with van der Waals surface area (Å²) in [6.07, 6.45) is 2.40. The van der Waals surface area contributed by atoms with Crippen LogP contribution in [0.15, 0.2) is 72.9 Å². The number of nitrogens with one attached hydrogen (secondary N) is 2. The summed E-state index contributed by atoms with van der Waals surface area (Å²) in [5.41, 5.74) is 5.05. The first-order valence-electron chi connectivity index (χ1n) is 12.5. The third-order valence-corrected chi connectivity index (χ3v) is 6.86. The van der Waals surface area contributed by atoms with Gasteiger partial charge in [-0.1, -0.05) is 48.0 Å². The molecule has 1 aliphatic rings. The molecule has 2 N–H and O–H groups in total. The number of rotatable bonds is 8. The number of para-hydroxylation sites is 3. The van der Waals surface area contributed by atoms with Crippen LogP contribution >= 0.6 is 11.6 Å². The van der Waals surface area contributed by atoms with Gasteiger partial charge in [0.2, 0.25) is 11.8 Å². The van der Waals surface area contributed by atoms with Crippen LogP contribution in [0.4, 0.5) is 11.6 Å². The Balaban J connectivity index is 1.26. The normalized spacial score (nSPS) is 12.4. The maximum absolute atomic E-state index is 13.3. The van der Waals surface area contributed by atoms with E-state index in [0.717, 1.165) is 35.2 Å². The van der Waals surface area contributed by atoms with Crippen molar-refractivity contribution >= 4 is 40.2 Å². The molecular formula is C29H25ClN6O3. The molecule has 5 aromatic rings. The fourth-order valence-corrected chi connectivity index (χ4v) is 4.88. The summed E-state index contributed by atoms with van der Waals surface area (Å²) in [7, 11) is 1.56. The van der Waals surface area contributed by atoms with Crippen LogP contribution in [-0.2, 0) is 19.6 Å². The summed E-state index contributed by atoms with van der Waals surface area (Å²) >= 11 is 6.30. The lowest BCUT2D eigenvalue weighted by Crippen LogP contribution is -2.25. The van der Waals surface area contributed by atoms with Crippen LogP contribution in [0.5, 0.6) is 11.6 Å². The molecule has 196 valence electrons. The van der Waals surface area contributed by atoms with Gasteiger partial charge in [-0.3, -0.25) is 4.79 Å². The first-order chi connectivity index (χ1) is 19.1. The molecule has 0 spiro atoms. The Hall–Kier alpha value is -4.63. The number of anilines is 2. The van der Waals surface area contributed by atoms with Gasteiger partial charge in [0.25, 0.3) is 5.91 Å². The summed E-state index contributed by atoms with van der Waals surface area (Å²) in [4.78, 5) is 32.3. The second kappa shape index (κ2) is 10.6. The summed E-state index contributed by atoms with van der Waals surface area (Å²) in [6, 6.07) is 21.2. The van der Waals surface area contributed by atoms with Crippen molar-refractivity contribution in [3.8, 4) is 11.6 Å². The second-order valence-electron chi connectivity index (χ2n) is 9.06. The summed E-state index contributed by atoms with van der Waals surface area (Å²) in [5.74, 6) is 1.50. The molecule has 39 heavy (non-hydrogen) atoms. The standard InChI is InChI=1S/C29H25ClN6O3/c1-38-25-11-10-18(14-21(25)30)17-39-28-20(27(37)31-16-26-33-22-7-3-4-8-23(22)34-26)15-32-29(35-28)36-13-12-19-6-2-5-9-24(19)36/h2-11,14-15H,12-13,16-17H2,1H3,(H,31,37)(H,33,34). The summed E-state index contributed by atoms with van der Waals surface area (Å²) < 4.78 is 11.3. The molecule has 0 atom stereocenters. The van der Waals surface area contributed by atoms with Crippen LogP contribution in [0.3, 0.4) is 0 Å². The van der Waals surface area contributed by atoms with Crippen molar-refractivity contribution in [3.63, 3.8) is 0 Å². The highest BCUT2D eigenvalue weighted by Gasteiger charge is 2.25. The average molecular weight is 541 g/mol. The number of aromatic nitrogens is 4. The largest absolute Gasteiger partial charge is 0.495 e. The molecule has 1 aliphatic heterocycles. The molecule has 0 saturated heterocycles. The van der Waals surface area contributed by atoms with Crippen LogP contribution in [0.25, 0.3) is 11.0 Å². The molecule has 0 fully saturated rings. The van der Waals surface area contributed by atoms with Gasteiger partial charge in [-0.05, 0) is 47.9 Å². The van der Waals surface area contributed by atoms with Crippen molar-refractivity contribution in [2.24, 2.45) is 0 Å². The van der Waals surface area contributed by atoms with Crippen molar-refractivity contribution in [2.75, 3.05) is 18.6 Å². The molecule has 3 aromatic carbocycles. The molecule has 3 heterocycles. The van der Waals surface area contributed by atoms with Crippen molar-refractivity contribution in [1.82, 2.24) is 25.3 Å². The number of aromatic amines is 1. The molecule has 9 nitrogen and oxygen atoms in total. The highest BCUT2D eigenvalue weighted by Crippen LogP contribution is 2.33. The van der Waals surface area contributed by atoms with Gasteiger partial charge in [0.1, 0.15) is 23.7 Å². The van der Waals surface area contributed by atoms with Gasteiger partial charge in [-0.15, -0.1) is 0 Å². The maximum Gasteiger partial charge on any atom is 0.258 e. The number of carbonyl (C=O) groups is 1. The van der Waals surface area contributed by atoms with Gasteiger partial charge in [0.05, 0.1) is 29.7 Å². The number of hydrogen-bond donors (Lipinski definition) is 2. The lowest BCUT2D eigenvalue weighted by atomic mass is 10.2. The number of halogens is 1.